The van der Waals surface area contributed by atoms with E-state index in [2.05, 4.69) is 36.9 Å². The van der Waals surface area contributed by atoms with Gasteiger partial charge in [-0.15, -0.1) is 0 Å². The Morgan fingerprint density at radius 3 is 2.19 bits per heavy atom. The summed E-state index contributed by atoms with van der Waals surface area (Å²) in [4.78, 5) is 16.7. The van der Waals surface area contributed by atoms with E-state index in [0.717, 1.165) is 31.9 Å². The Hall–Kier alpha value is -2.69. The maximum Gasteiger partial charge on any atom is 0.260 e. The second-order valence-electron chi connectivity index (χ2n) is 6.78. The summed E-state index contributed by atoms with van der Waals surface area (Å²) in [5, 5.41) is 0. The van der Waals surface area contributed by atoms with Crippen molar-refractivity contribution >= 4 is 11.6 Å². The van der Waals surface area contributed by atoms with Crippen molar-refractivity contribution in [3.05, 3.63) is 53.6 Å². The number of piperazine rings is 1. The minimum atomic E-state index is 0.0319. The molecule has 0 unspecified atom stereocenters. The van der Waals surface area contributed by atoms with Gasteiger partial charge in [0.25, 0.3) is 5.91 Å². The molecule has 2 aromatic rings. The van der Waals surface area contributed by atoms with Crippen molar-refractivity contribution in [3.63, 3.8) is 0 Å². The topological polar surface area (TPSA) is 42.0 Å². The quantitative estimate of drug-likeness (QED) is 0.783. The summed E-state index contributed by atoms with van der Waals surface area (Å²) in [6.45, 7) is 10.1. The molecular formula is C22H28N2O3. The lowest BCUT2D eigenvalue weighted by molar-refractivity contribution is -0.133. The zero-order valence-corrected chi connectivity index (χ0v) is 16.4. The Bertz CT molecular complexity index is 766. The first-order valence-electron chi connectivity index (χ1n) is 9.53. The van der Waals surface area contributed by atoms with E-state index >= 15 is 0 Å². The number of rotatable bonds is 6. The standard InChI is InChI=1S/C22H28N2O3/c1-4-26-19-8-10-20(11-9-19)27-16-22(25)24-14-12-23(13-15-24)21-7-5-6-17(2)18(21)3/h5-11H,4,12-16H2,1-3H3. The fourth-order valence-electron chi connectivity index (χ4n) is 3.31. The maximum absolute atomic E-state index is 12.5. The van der Waals surface area contributed by atoms with Crippen LogP contribution in [-0.2, 0) is 4.79 Å². The highest BCUT2D eigenvalue weighted by Gasteiger charge is 2.22. The predicted octanol–water partition coefficient (Wildman–Crippen LogP) is 3.43. The van der Waals surface area contributed by atoms with Crippen LogP contribution in [0.2, 0.25) is 0 Å². The number of benzene rings is 2. The van der Waals surface area contributed by atoms with Gasteiger partial charge in [0.1, 0.15) is 11.5 Å². The molecule has 0 N–H and O–H groups in total. The summed E-state index contributed by atoms with van der Waals surface area (Å²) in [5.41, 5.74) is 3.89. The molecule has 0 aliphatic carbocycles. The van der Waals surface area contributed by atoms with Gasteiger partial charge in [0.15, 0.2) is 6.61 Å². The number of hydrogen-bond donors (Lipinski definition) is 0. The smallest absolute Gasteiger partial charge is 0.260 e. The highest BCUT2D eigenvalue weighted by atomic mass is 16.5. The van der Waals surface area contributed by atoms with Crippen LogP contribution in [-0.4, -0.2) is 50.2 Å². The zero-order valence-electron chi connectivity index (χ0n) is 16.4. The highest BCUT2D eigenvalue weighted by Crippen LogP contribution is 2.24. The molecule has 2 aromatic carbocycles. The number of carbonyl (C=O) groups is 1. The van der Waals surface area contributed by atoms with Gasteiger partial charge in [-0.25, -0.2) is 0 Å². The first-order valence-corrected chi connectivity index (χ1v) is 9.53. The monoisotopic (exact) mass is 368 g/mol. The van der Waals surface area contributed by atoms with Crippen LogP contribution in [0.4, 0.5) is 5.69 Å². The fourth-order valence-corrected chi connectivity index (χ4v) is 3.31. The summed E-state index contributed by atoms with van der Waals surface area (Å²) in [5.74, 6) is 1.52. The van der Waals surface area contributed by atoms with E-state index in [9.17, 15) is 4.79 Å². The molecular weight excluding hydrogens is 340 g/mol. The van der Waals surface area contributed by atoms with Crippen molar-refractivity contribution in [2.24, 2.45) is 0 Å². The molecule has 5 heteroatoms. The third-order valence-electron chi connectivity index (χ3n) is 5.05. The van der Waals surface area contributed by atoms with Crippen LogP contribution in [0.5, 0.6) is 11.5 Å². The van der Waals surface area contributed by atoms with Crippen LogP contribution >= 0.6 is 0 Å². The van der Waals surface area contributed by atoms with Crippen molar-refractivity contribution in [2.45, 2.75) is 20.8 Å². The van der Waals surface area contributed by atoms with Gasteiger partial charge in [-0.3, -0.25) is 4.79 Å². The minimum Gasteiger partial charge on any atom is -0.494 e. The molecule has 1 aliphatic heterocycles. The molecule has 3 rings (SSSR count). The zero-order chi connectivity index (χ0) is 19.2. The van der Waals surface area contributed by atoms with Crippen molar-refractivity contribution in [3.8, 4) is 11.5 Å². The van der Waals surface area contributed by atoms with Crippen molar-refractivity contribution in [1.29, 1.82) is 0 Å². The summed E-state index contributed by atoms with van der Waals surface area (Å²) in [6, 6.07) is 13.8. The van der Waals surface area contributed by atoms with Crippen LogP contribution < -0.4 is 14.4 Å². The Kier molecular flexibility index (Phi) is 6.22. The van der Waals surface area contributed by atoms with Gasteiger partial charge in [0.05, 0.1) is 6.61 Å². The summed E-state index contributed by atoms with van der Waals surface area (Å²) in [6.07, 6.45) is 0. The maximum atomic E-state index is 12.5. The van der Waals surface area contributed by atoms with Crippen LogP contribution in [0.1, 0.15) is 18.1 Å². The van der Waals surface area contributed by atoms with E-state index in [4.69, 9.17) is 9.47 Å². The predicted molar refractivity (Wildman–Crippen MR) is 108 cm³/mol. The summed E-state index contributed by atoms with van der Waals surface area (Å²) in [7, 11) is 0. The molecule has 27 heavy (non-hydrogen) atoms. The molecule has 1 fully saturated rings. The van der Waals surface area contributed by atoms with E-state index in [1.807, 2.05) is 36.1 Å². The number of carbonyl (C=O) groups excluding carboxylic acids is 1. The van der Waals surface area contributed by atoms with E-state index < -0.39 is 0 Å². The number of amides is 1. The van der Waals surface area contributed by atoms with Crippen molar-refractivity contribution in [1.82, 2.24) is 4.90 Å². The van der Waals surface area contributed by atoms with Crippen LogP contribution in [0.15, 0.2) is 42.5 Å². The molecule has 0 bridgehead atoms. The molecule has 1 saturated heterocycles. The fraction of sp³-hybridized carbons (Fsp3) is 0.409. The lowest BCUT2D eigenvalue weighted by Gasteiger charge is -2.37. The van der Waals surface area contributed by atoms with Gasteiger partial charge in [0, 0.05) is 31.9 Å². The summed E-state index contributed by atoms with van der Waals surface area (Å²) >= 11 is 0. The van der Waals surface area contributed by atoms with E-state index in [0.29, 0.717) is 12.4 Å². The van der Waals surface area contributed by atoms with E-state index in [1.54, 1.807) is 0 Å². The number of nitrogens with zero attached hydrogens (tertiary/aromatic N) is 2. The minimum absolute atomic E-state index is 0.0319. The highest BCUT2D eigenvalue weighted by molar-refractivity contribution is 5.78. The molecule has 0 atom stereocenters. The third kappa shape index (κ3) is 4.73. The lowest BCUT2D eigenvalue weighted by atomic mass is 10.1. The number of aryl methyl sites for hydroxylation is 1. The van der Waals surface area contributed by atoms with Gasteiger partial charge in [0.2, 0.25) is 0 Å². The van der Waals surface area contributed by atoms with Gasteiger partial charge < -0.3 is 19.3 Å². The second-order valence-corrected chi connectivity index (χ2v) is 6.78. The average molecular weight is 368 g/mol. The van der Waals surface area contributed by atoms with Crippen LogP contribution in [0.25, 0.3) is 0 Å². The first-order chi connectivity index (χ1) is 13.1. The number of hydrogen-bond acceptors (Lipinski definition) is 4. The molecule has 1 aliphatic rings. The number of anilines is 1. The van der Waals surface area contributed by atoms with Gasteiger partial charge in [-0.05, 0) is 62.2 Å². The Balaban J connectivity index is 1.49. The molecule has 5 nitrogen and oxygen atoms in total. The van der Waals surface area contributed by atoms with Gasteiger partial charge in [-0.1, -0.05) is 12.1 Å². The average Bonchev–Trinajstić information content (AvgIpc) is 2.70. The summed E-state index contributed by atoms with van der Waals surface area (Å²) < 4.78 is 11.0. The van der Waals surface area contributed by atoms with Crippen LogP contribution in [0, 0.1) is 13.8 Å². The molecule has 1 amide bonds. The SMILES string of the molecule is CCOc1ccc(OCC(=O)N2CCN(c3cccc(C)c3C)CC2)cc1. The molecule has 1 heterocycles. The Labute approximate surface area is 161 Å². The van der Waals surface area contributed by atoms with Crippen molar-refractivity contribution in [2.75, 3.05) is 44.3 Å². The number of ether oxygens (including phenoxy) is 2. The second kappa shape index (κ2) is 8.80. The van der Waals surface area contributed by atoms with Crippen LogP contribution in [0.3, 0.4) is 0 Å². The third-order valence-corrected chi connectivity index (χ3v) is 5.05. The molecule has 144 valence electrons. The normalized spacial score (nSPS) is 14.2. The van der Waals surface area contributed by atoms with Gasteiger partial charge in [-0.2, -0.15) is 0 Å². The largest absolute Gasteiger partial charge is 0.494 e. The molecule has 0 spiro atoms. The Morgan fingerprint density at radius 2 is 1.56 bits per heavy atom. The molecule has 0 saturated carbocycles. The molecule has 0 radical (unpaired) electrons. The van der Waals surface area contributed by atoms with Gasteiger partial charge >= 0.3 is 0 Å². The molecule has 0 aromatic heterocycles. The lowest BCUT2D eigenvalue weighted by Crippen LogP contribution is -2.50. The van der Waals surface area contributed by atoms with E-state index in [-0.39, 0.29) is 12.5 Å². The Morgan fingerprint density at radius 1 is 0.926 bits per heavy atom. The first kappa shape index (κ1) is 19.1. The van der Waals surface area contributed by atoms with Crippen molar-refractivity contribution < 1.29 is 14.3 Å². The van der Waals surface area contributed by atoms with E-state index in [1.165, 1.54) is 16.8 Å².